The molecule has 5 heteroatoms. The van der Waals surface area contributed by atoms with Crippen molar-refractivity contribution in [2.75, 3.05) is 6.35 Å². The number of ether oxygens (including phenoxy) is 1. The van der Waals surface area contributed by atoms with Crippen LogP contribution in [0.3, 0.4) is 0 Å². The molecule has 1 unspecified atom stereocenters. The van der Waals surface area contributed by atoms with Crippen molar-refractivity contribution in [1.82, 2.24) is 0 Å². The standard InChI is InChI=1S/C6H9O4P/c1-3-5(2)6(7)10-4-11(8)9/h2-4H2,1H3/p+1. The van der Waals surface area contributed by atoms with Crippen LogP contribution in [0.5, 0.6) is 0 Å². The van der Waals surface area contributed by atoms with Crippen LogP contribution in [0.2, 0.25) is 0 Å². The SMILES string of the molecule is C=C(CC)C(=O)OC[P+](=O)O. The fourth-order valence-electron chi connectivity index (χ4n) is 0.360. The monoisotopic (exact) mass is 177 g/mol. The van der Waals surface area contributed by atoms with Gasteiger partial charge < -0.3 is 4.74 Å². The number of hydrogen-bond donors (Lipinski definition) is 1. The van der Waals surface area contributed by atoms with Gasteiger partial charge in [0.05, 0.1) is 0 Å². The Bertz CT molecular complexity index is 187. The predicted octanol–water partition coefficient (Wildman–Crippen LogP) is 1.19. The maximum Gasteiger partial charge on any atom is 0.547 e. The van der Waals surface area contributed by atoms with Crippen LogP contribution in [-0.2, 0) is 14.1 Å². The summed E-state index contributed by atoms with van der Waals surface area (Å²) in [6.45, 7) is 5.15. The second-order valence-corrected chi connectivity index (χ2v) is 2.83. The molecule has 0 aromatic heterocycles. The molecule has 4 nitrogen and oxygen atoms in total. The molecule has 0 amide bonds. The third kappa shape index (κ3) is 4.65. The molecule has 0 fully saturated rings. The van der Waals surface area contributed by atoms with Crippen LogP contribution in [0, 0.1) is 0 Å². The average Bonchev–Trinajstić information content (AvgIpc) is 1.98. The predicted molar refractivity (Wildman–Crippen MR) is 40.2 cm³/mol. The topological polar surface area (TPSA) is 63.6 Å². The van der Waals surface area contributed by atoms with Crippen LogP contribution >= 0.6 is 8.03 Å². The molecule has 0 spiro atoms. The highest BCUT2D eigenvalue weighted by Crippen LogP contribution is 2.13. The van der Waals surface area contributed by atoms with Crippen LogP contribution in [0.4, 0.5) is 0 Å². The first-order valence-electron chi connectivity index (χ1n) is 3.06. The fourth-order valence-corrected chi connectivity index (χ4v) is 0.588. The van der Waals surface area contributed by atoms with Gasteiger partial charge in [-0.1, -0.05) is 13.5 Å². The maximum absolute atomic E-state index is 10.7. The Morgan fingerprint density at radius 2 is 2.27 bits per heavy atom. The van der Waals surface area contributed by atoms with Gasteiger partial charge >= 0.3 is 20.3 Å². The van der Waals surface area contributed by atoms with Crippen molar-refractivity contribution in [3.8, 4) is 0 Å². The summed E-state index contributed by atoms with van der Waals surface area (Å²) < 4.78 is 14.4. The van der Waals surface area contributed by atoms with Crippen molar-refractivity contribution < 1.29 is 19.0 Å². The lowest BCUT2D eigenvalue weighted by Gasteiger charge is -1.97. The third-order valence-electron chi connectivity index (χ3n) is 1.02. The number of esters is 1. The molecule has 0 bridgehead atoms. The number of hydrogen-bond acceptors (Lipinski definition) is 3. The van der Waals surface area contributed by atoms with Crippen LogP contribution < -0.4 is 0 Å². The molecule has 1 N–H and O–H groups in total. The van der Waals surface area contributed by atoms with Gasteiger partial charge in [0.25, 0.3) is 0 Å². The minimum absolute atomic E-state index is 0.307. The molecule has 0 aliphatic rings. The molecule has 0 radical (unpaired) electrons. The zero-order valence-corrected chi connectivity index (χ0v) is 7.13. The lowest BCUT2D eigenvalue weighted by Crippen LogP contribution is -2.05. The number of rotatable bonds is 4. The summed E-state index contributed by atoms with van der Waals surface area (Å²) in [4.78, 5) is 19.0. The van der Waals surface area contributed by atoms with Crippen LogP contribution in [0.1, 0.15) is 13.3 Å². The van der Waals surface area contributed by atoms with Crippen molar-refractivity contribution in [3.63, 3.8) is 0 Å². The Labute approximate surface area is 65.7 Å². The average molecular weight is 177 g/mol. The normalized spacial score (nSPS) is 10.5. The highest BCUT2D eigenvalue weighted by atomic mass is 31.1. The molecule has 0 saturated carbocycles. The molecule has 0 aromatic carbocycles. The Morgan fingerprint density at radius 3 is 2.64 bits per heavy atom. The summed E-state index contributed by atoms with van der Waals surface area (Å²) in [5, 5.41) is 0. The van der Waals surface area contributed by atoms with E-state index < -0.39 is 20.3 Å². The van der Waals surface area contributed by atoms with E-state index in [9.17, 15) is 9.36 Å². The van der Waals surface area contributed by atoms with Crippen molar-refractivity contribution >= 4 is 14.0 Å². The van der Waals surface area contributed by atoms with Crippen LogP contribution in [0.15, 0.2) is 12.2 Å². The lowest BCUT2D eigenvalue weighted by atomic mass is 10.2. The van der Waals surface area contributed by atoms with E-state index in [1.54, 1.807) is 6.92 Å². The summed E-state index contributed by atoms with van der Waals surface area (Å²) in [6, 6.07) is 0. The zero-order valence-electron chi connectivity index (χ0n) is 6.24. The van der Waals surface area contributed by atoms with E-state index in [0.29, 0.717) is 12.0 Å². The summed E-state index contributed by atoms with van der Waals surface area (Å²) in [5.74, 6) is -0.607. The minimum Gasteiger partial charge on any atom is -0.412 e. The van der Waals surface area contributed by atoms with Gasteiger partial charge in [-0.3, -0.25) is 0 Å². The summed E-state index contributed by atoms with van der Waals surface area (Å²) >= 11 is 0. The van der Waals surface area contributed by atoms with Gasteiger partial charge in [-0.15, -0.1) is 0 Å². The molecule has 0 aliphatic heterocycles. The minimum atomic E-state index is -2.40. The maximum atomic E-state index is 10.7. The van der Waals surface area contributed by atoms with Crippen molar-refractivity contribution in [3.05, 3.63) is 12.2 Å². The van der Waals surface area contributed by atoms with Gasteiger partial charge in [0.2, 0.25) is 0 Å². The summed E-state index contributed by atoms with van der Waals surface area (Å²) in [6.07, 6.45) is 0.0359. The zero-order chi connectivity index (χ0) is 8.85. The van der Waals surface area contributed by atoms with Crippen molar-refractivity contribution in [2.45, 2.75) is 13.3 Å². The first-order valence-corrected chi connectivity index (χ1v) is 4.46. The van der Waals surface area contributed by atoms with Gasteiger partial charge in [0.15, 0.2) is 0 Å². The Morgan fingerprint density at radius 1 is 1.73 bits per heavy atom. The molecule has 11 heavy (non-hydrogen) atoms. The molecule has 0 aliphatic carbocycles. The Hall–Kier alpha value is -0.730. The van der Waals surface area contributed by atoms with Crippen LogP contribution in [0.25, 0.3) is 0 Å². The van der Waals surface area contributed by atoms with Gasteiger partial charge in [-0.2, -0.15) is 4.89 Å². The second kappa shape index (κ2) is 4.99. The first-order chi connectivity index (χ1) is 5.07. The van der Waals surface area contributed by atoms with E-state index >= 15 is 0 Å². The first kappa shape index (κ1) is 10.3. The molecular formula is C6H10O4P+. The van der Waals surface area contributed by atoms with E-state index in [0.717, 1.165) is 0 Å². The molecule has 0 rings (SSSR count). The highest BCUT2D eigenvalue weighted by Gasteiger charge is 2.15. The summed E-state index contributed by atoms with van der Waals surface area (Å²) in [5.41, 5.74) is 0.307. The fraction of sp³-hybridized carbons (Fsp3) is 0.500. The van der Waals surface area contributed by atoms with E-state index in [1.807, 2.05) is 0 Å². The van der Waals surface area contributed by atoms with E-state index in [1.165, 1.54) is 0 Å². The van der Waals surface area contributed by atoms with Gasteiger partial charge in [0.1, 0.15) is 0 Å². The molecule has 0 aromatic rings. The molecule has 62 valence electrons. The second-order valence-electron chi connectivity index (χ2n) is 1.87. The summed E-state index contributed by atoms with van der Waals surface area (Å²) in [7, 11) is -2.40. The van der Waals surface area contributed by atoms with Crippen molar-refractivity contribution in [1.29, 1.82) is 0 Å². The van der Waals surface area contributed by atoms with E-state index in [4.69, 9.17) is 4.89 Å². The highest BCUT2D eigenvalue weighted by molar-refractivity contribution is 7.37. The third-order valence-corrected chi connectivity index (χ3v) is 1.37. The molecule has 1 atom stereocenters. The van der Waals surface area contributed by atoms with Crippen LogP contribution in [-0.4, -0.2) is 17.2 Å². The van der Waals surface area contributed by atoms with Crippen molar-refractivity contribution in [2.24, 2.45) is 0 Å². The van der Waals surface area contributed by atoms with Gasteiger partial charge in [0, 0.05) is 5.57 Å². The molecular weight excluding hydrogens is 167 g/mol. The number of carbonyl (C=O) groups is 1. The smallest absolute Gasteiger partial charge is 0.412 e. The largest absolute Gasteiger partial charge is 0.547 e. The Kier molecular flexibility index (Phi) is 4.66. The Balaban J connectivity index is 3.70. The quantitative estimate of drug-likeness (QED) is 0.398. The van der Waals surface area contributed by atoms with E-state index in [2.05, 4.69) is 11.3 Å². The lowest BCUT2D eigenvalue weighted by molar-refractivity contribution is -0.137. The number of carbonyl (C=O) groups excluding carboxylic acids is 1. The molecule has 0 heterocycles. The van der Waals surface area contributed by atoms with Gasteiger partial charge in [-0.05, 0) is 11.0 Å². The molecule has 0 saturated heterocycles. The van der Waals surface area contributed by atoms with Gasteiger partial charge in [-0.25, -0.2) is 4.79 Å². The van der Waals surface area contributed by atoms with E-state index in [-0.39, 0.29) is 0 Å².